The van der Waals surface area contributed by atoms with E-state index >= 15 is 0 Å². The number of aliphatic carboxylic acids is 1. The van der Waals surface area contributed by atoms with E-state index in [2.05, 4.69) is 15.9 Å². The van der Waals surface area contributed by atoms with Crippen LogP contribution in [0.1, 0.15) is 31.2 Å². The molecule has 1 saturated heterocycles. The highest BCUT2D eigenvalue weighted by atomic mass is 79.9. The van der Waals surface area contributed by atoms with Crippen LogP contribution in [-0.4, -0.2) is 34.5 Å². The minimum absolute atomic E-state index is 0.00952. The first kappa shape index (κ1) is 13.6. The number of amides is 1. The topological polar surface area (TPSA) is 57.6 Å². The molecular formula is C15H16BrNO3. The van der Waals surface area contributed by atoms with E-state index < -0.39 is 17.4 Å². The number of hydrogen-bond donors (Lipinski definition) is 1. The van der Waals surface area contributed by atoms with Crippen molar-refractivity contribution in [1.82, 2.24) is 4.90 Å². The number of carbonyl (C=O) groups is 2. The normalized spacial score (nSPS) is 23.6. The van der Waals surface area contributed by atoms with E-state index in [1.807, 2.05) is 24.3 Å². The number of nitrogens with zero attached hydrogens (tertiary/aromatic N) is 1. The molecule has 20 heavy (non-hydrogen) atoms. The Morgan fingerprint density at radius 1 is 1.25 bits per heavy atom. The van der Waals surface area contributed by atoms with Crippen molar-refractivity contribution < 1.29 is 14.7 Å². The highest BCUT2D eigenvalue weighted by Gasteiger charge is 2.55. The van der Waals surface area contributed by atoms with Crippen LogP contribution < -0.4 is 0 Å². The second-order valence-electron chi connectivity index (χ2n) is 5.58. The molecule has 0 spiro atoms. The molecule has 1 saturated carbocycles. The van der Waals surface area contributed by atoms with Gasteiger partial charge in [-0.25, -0.2) is 4.79 Å². The Balaban J connectivity index is 1.86. The summed E-state index contributed by atoms with van der Waals surface area (Å²) < 4.78 is 0.981. The Labute approximate surface area is 125 Å². The fourth-order valence-corrected chi connectivity index (χ4v) is 3.33. The Morgan fingerprint density at radius 2 is 1.90 bits per heavy atom. The predicted molar refractivity (Wildman–Crippen MR) is 77.4 cm³/mol. The summed E-state index contributed by atoms with van der Waals surface area (Å²) in [6, 6.07) is 7.14. The van der Waals surface area contributed by atoms with Gasteiger partial charge in [0.2, 0.25) is 5.91 Å². The number of carbonyl (C=O) groups excluding carboxylic acids is 1. The highest BCUT2D eigenvalue weighted by molar-refractivity contribution is 9.10. The Kier molecular flexibility index (Phi) is 3.32. The molecule has 106 valence electrons. The lowest BCUT2D eigenvalue weighted by molar-refractivity contribution is -0.149. The number of likely N-dealkylation sites (tertiary alicyclic amines) is 1. The molecule has 0 aromatic heterocycles. The van der Waals surface area contributed by atoms with E-state index in [0.29, 0.717) is 13.0 Å². The monoisotopic (exact) mass is 337 g/mol. The minimum Gasteiger partial charge on any atom is -0.480 e. The van der Waals surface area contributed by atoms with Gasteiger partial charge in [0.25, 0.3) is 0 Å². The zero-order valence-electron chi connectivity index (χ0n) is 11.0. The van der Waals surface area contributed by atoms with E-state index in [0.717, 1.165) is 29.3 Å². The fourth-order valence-electron chi connectivity index (χ4n) is 3.06. The van der Waals surface area contributed by atoms with Crippen LogP contribution in [0.25, 0.3) is 0 Å². The molecule has 1 aromatic rings. The molecule has 1 unspecified atom stereocenters. The first-order valence-electron chi connectivity index (χ1n) is 6.84. The van der Waals surface area contributed by atoms with Gasteiger partial charge in [0.05, 0.1) is 5.41 Å². The van der Waals surface area contributed by atoms with Crippen LogP contribution in [-0.2, 0) is 15.0 Å². The van der Waals surface area contributed by atoms with Crippen LogP contribution in [0.3, 0.4) is 0 Å². The van der Waals surface area contributed by atoms with Crippen LogP contribution in [0.4, 0.5) is 0 Å². The molecule has 1 heterocycles. The minimum atomic E-state index is -0.887. The summed E-state index contributed by atoms with van der Waals surface area (Å²) in [6.07, 6.45) is 2.98. The van der Waals surface area contributed by atoms with E-state index in [1.165, 1.54) is 0 Å². The van der Waals surface area contributed by atoms with E-state index in [4.69, 9.17) is 0 Å². The number of halogens is 1. The first-order valence-corrected chi connectivity index (χ1v) is 7.64. The number of rotatable bonds is 3. The molecule has 1 aromatic carbocycles. The summed E-state index contributed by atoms with van der Waals surface area (Å²) in [5.41, 5.74) is 0.528. The number of hydrogen-bond acceptors (Lipinski definition) is 2. The lowest BCUT2D eigenvalue weighted by Gasteiger charge is -2.27. The van der Waals surface area contributed by atoms with Crippen molar-refractivity contribution in [3.8, 4) is 0 Å². The van der Waals surface area contributed by atoms with Crippen LogP contribution in [0, 0.1) is 0 Å². The van der Waals surface area contributed by atoms with Gasteiger partial charge in [-0.3, -0.25) is 4.79 Å². The third kappa shape index (κ3) is 2.14. The first-order chi connectivity index (χ1) is 9.54. The van der Waals surface area contributed by atoms with E-state index in [9.17, 15) is 14.7 Å². The summed E-state index contributed by atoms with van der Waals surface area (Å²) in [5.74, 6) is -0.896. The SMILES string of the molecule is O=C(O)C1CCCN1C(=O)C1(c2ccc(Br)cc2)CC1. The van der Waals surface area contributed by atoms with E-state index in [-0.39, 0.29) is 5.91 Å². The zero-order chi connectivity index (χ0) is 14.3. The molecule has 1 aliphatic heterocycles. The quantitative estimate of drug-likeness (QED) is 0.922. The van der Waals surface area contributed by atoms with Crippen LogP contribution in [0.15, 0.2) is 28.7 Å². The van der Waals surface area contributed by atoms with Gasteiger partial charge in [-0.15, -0.1) is 0 Å². The standard InChI is InChI=1S/C15H16BrNO3/c16-11-5-3-10(4-6-11)15(7-8-15)14(20)17-9-1-2-12(17)13(18)19/h3-6,12H,1-2,7-9H2,(H,18,19). The molecule has 2 fully saturated rings. The largest absolute Gasteiger partial charge is 0.480 e. The number of benzene rings is 1. The van der Waals surface area contributed by atoms with Crippen molar-refractivity contribution in [2.24, 2.45) is 0 Å². The maximum atomic E-state index is 12.8. The van der Waals surface area contributed by atoms with Crippen molar-refractivity contribution in [3.05, 3.63) is 34.3 Å². The second-order valence-corrected chi connectivity index (χ2v) is 6.50. The van der Waals surface area contributed by atoms with Crippen LogP contribution in [0.2, 0.25) is 0 Å². The lowest BCUT2D eigenvalue weighted by Crippen LogP contribution is -2.45. The van der Waals surface area contributed by atoms with E-state index in [1.54, 1.807) is 4.90 Å². The summed E-state index contributed by atoms with van der Waals surface area (Å²) in [6.45, 7) is 0.564. The summed E-state index contributed by atoms with van der Waals surface area (Å²) in [4.78, 5) is 25.6. The molecule has 0 bridgehead atoms. The predicted octanol–water partition coefficient (Wildman–Crippen LogP) is 2.56. The van der Waals surface area contributed by atoms with Gasteiger partial charge >= 0.3 is 5.97 Å². The molecule has 3 rings (SSSR count). The molecular weight excluding hydrogens is 322 g/mol. The van der Waals surface area contributed by atoms with Gasteiger partial charge in [0, 0.05) is 11.0 Å². The molecule has 2 aliphatic rings. The average Bonchev–Trinajstić information content (AvgIpc) is 3.08. The maximum Gasteiger partial charge on any atom is 0.326 e. The molecule has 0 radical (unpaired) electrons. The second kappa shape index (κ2) is 4.88. The third-order valence-corrected chi connectivity index (χ3v) is 4.88. The van der Waals surface area contributed by atoms with Gasteiger partial charge in [0.15, 0.2) is 0 Å². The van der Waals surface area contributed by atoms with Gasteiger partial charge in [-0.05, 0) is 43.4 Å². The van der Waals surface area contributed by atoms with Gasteiger partial charge in [0.1, 0.15) is 6.04 Å². The molecule has 1 atom stereocenters. The smallest absolute Gasteiger partial charge is 0.326 e. The van der Waals surface area contributed by atoms with Crippen molar-refractivity contribution in [2.45, 2.75) is 37.1 Å². The summed E-state index contributed by atoms with van der Waals surface area (Å²) >= 11 is 3.39. The summed E-state index contributed by atoms with van der Waals surface area (Å²) in [7, 11) is 0. The molecule has 4 nitrogen and oxygen atoms in total. The molecule has 1 amide bonds. The van der Waals surface area contributed by atoms with Gasteiger partial charge in [-0.2, -0.15) is 0 Å². The summed E-state index contributed by atoms with van der Waals surface area (Å²) in [5, 5.41) is 9.23. The zero-order valence-corrected chi connectivity index (χ0v) is 12.6. The fraction of sp³-hybridized carbons (Fsp3) is 0.467. The number of carboxylic acids is 1. The van der Waals surface area contributed by atoms with Crippen LogP contribution >= 0.6 is 15.9 Å². The highest BCUT2D eigenvalue weighted by Crippen LogP contribution is 2.50. The molecule has 5 heteroatoms. The number of carboxylic acid groups (broad SMARTS) is 1. The van der Waals surface area contributed by atoms with Crippen molar-refractivity contribution in [2.75, 3.05) is 6.54 Å². The molecule has 1 aliphatic carbocycles. The van der Waals surface area contributed by atoms with Crippen molar-refractivity contribution in [3.63, 3.8) is 0 Å². The van der Waals surface area contributed by atoms with Crippen molar-refractivity contribution >= 4 is 27.8 Å². The maximum absolute atomic E-state index is 12.8. The van der Waals surface area contributed by atoms with Crippen molar-refractivity contribution in [1.29, 1.82) is 0 Å². The lowest BCUT2D eigenvalue weighted by atomic mass is 9.94. The van der Waals surface area contributed by atoms with Gasteiger partial charge in [-0.1, -0.05) is 28.1 Å². The van der Waals surface area contributed by atoms with Crippen LogP contribution in [0.5, 0.6) is 0 Å². The third-order valence-electron chi connectivity index (χ3n) is 4.35. The van der Waals surface area contributed by atoms with Gasteiger partial charge < -0.3 is 10.0 Å². The Hall–Kier alpha value is -1.36. The molecule has 1 N–H and O–H groups in total. The Morgan fingerprint density at radius 3 is 2.45 bits per heavy atom. The Bertz CT molecular complexity index is 551. The average molecular weight is 338 g/mol.